The maximum atomic E-state index is 2.55. The lowest BCUT2D eigenvalue weighted by atomic mass is 9.67. The van der Waals surface area contributed by atoms with Gasteiger partial charge in [0, 0.05) is 38.5 Å². The summed E-state index contributed by atoms with van der Waals surface area (Å²) in [6.45, 7) is 0. The highest BCUT2D eigenvalue weighted by Crippen LogP contribution is 2.60. The maximum Gasteiger partial charge on any atom is 0.0714 e. The zero-order valence-electron chi connectivity index (χ0n) is 31.2. The molecule has 57 heavy (non-hydrogen) atoms. The van der Waals surface area contributed by atoms with E-state index in [1.165, 1.54) is 88.1 Å². The van der Waals surface area contributed by atoms with Crippen molar-refractivity contribution in [1.82, 2.24) is 9.13 Å². The van der Waals surface area contributed by atoms with Crippen LogP contribution >= 0.6 is 0 Å². The molecule has 0 fully saturated rings. The monoisotopic (exact) mass is 724 g/mol. The van der Waals surface area contributed by atoms with Crippen molar-refractivity contribution in [3.63, 3.8) is 0 Å². The van der Waals surface area contributed by atoms with Crippen molar-refractivity contribution in [3.8, 4) is 33.6 Å². The lowest BCUT2D eigenvalue weighted by Crippen LogP contribution is -2.28. The second-order valence-electron chi connectivity index (χ2n) is 15.2. The lowest BCUT2D eigenvalue weighted by Gasteiger charge is -2.34. The highest BCUT2D eigenvalue weighted by atomic mass is 15.0. The molecule has 0 bridgehead atoms. The van der Waals surface area contributed by atoms with E-state index in [0.29, 0.717) is 0 Å². The molecule has 266 valence electrons. The molecule has 0 atom stereocenters. The van der Waals surface area contributed by atoms with E-state index in [9.17, 15) is 0 Å². The predicted molar refractivity (Wildman–Crippen MR) is 238 cm³/mol. The average molecular weight is 725 g/mol. The molecule has 2 heteroatoms. The first kappa shape index (κ1) is 31.9. The summed E-state index contributed by atoms with van der Waals surface area (Å²) >= 11 is 0. The van der Waals surface area contributed by atoms with Crippen molar-refractivity contribution < 1.29 is 0 Å². The molecule has 0 aliphatic heterocycles. The summed E-state index contributed by atoms with van der Waals surface area (Å²) in [5.74, 6) is 0. The lowest BCUT2D eigenvalue weighted by molar-refractivity contribution is 0.769. The Kier molecular flexibility index (Phi) is 6.88. The van der Waals surface area contributed by atoms with Gasteiger partial charge in [0.2, 0.25) is 0 Å². The van der Waals surface area contributed by atoms with E-state index >= 15 is 0 Å². The summed E-state index contributed by atoms with van der Waals surface area (Å²) in [4.78, 5) is 0. The second-order valence-corrected chi connectivity index (χ2v) is 15.2. The SMILES string of the molecule is c1ccc(-n2c3ccccc3c3ccc(-c4cc5c(c6c4c4ccccc4n6-c4ccccc4)-c4ccccc4C5(c4ccccc4)c4ccccc4)cc32)cc1. The van der Waals surface area contributed by atoms with Crippen LogP contribution in [-0.4, -0.2) is 9.13 Å². The number of hydrogen-bond donors (Lipinski definition) is 0. The molecule has 12 rings (SSSR count). The third kappa shape index (κ3) is 4.41. The minimum Gasteiger partial charge on any atom is -0.309 e. The van der Waals surface area contributed by atoms with Crippen molar-refractivity contribution in [2.45, 2.75) is 5.41 Å². The summed E-state index contributed by atoms with van der Waals surface area (Å²) in [5.41, 5.74) is 16.7. The van der Waals surface area contributed by atoms with Crippen LogP contribution < -0.4 is 0 Å². The van der Waals surface area contributed by atoms with Crippen LogP contribution in [0, 0.1) is 0 Å². The van der Waals surface area contributed by atoms with Gasteiger partial charge in [-0.25, -0.2) is 0 Å². The van der Waals surface area contributed by atoms with Gasteiger partial charge in [-0.2, -0.15) is 0 Å². The average Bonchev–Trinajstić information content (AvgIpc) is 3.91. The predicted octanol–water partition coefficient (Wildman–Crippen LogP) is 13.9. The van der Waals surface area contributed by atoms with Crippen LogP contribution in [-0.2, 0) is 5.41 Å². The zero-order chi connectivity index (χ0) is 37.5. The molecular weight excluding hydrogens is 689 g/mol. The summed E-state index contributed by atoms with van der Waals surface area (Å²) in [6.07, 6.45) is 0. The largest absolute Gasteiger partial charge is 0.309 e. The van der Waals surface area contributed by atoms with E-state index in [4.69, 9.17) is 0 Å². The van der Waals surface area contributed by atoms with Gasteiger partial charge in [-0.3, -0.25) is 0 Å². The summed E-state index contributed by atoms with van der Waals surface area (Å²) < 4.78 is 4.95. The molecule has 0 N–H and O–H groups in total. The fourth-order valence-corrected chi connectivity index (χ4v) is 10.1. The highest BCUT2D eigenvalue weighted by Gasteiger charge is 2.47. The molecule has 0 saturated heterocycles. The standard InChI is InChI=1S/C55H36N2/c1-5-19-38(20-6-1)55(39-21-7-2-8-22-39)47-30-16-13-28-44(47)53-48(55)36-46(52-45-29-15-18-32-50(45)57(54(52)53)41-25-11-4-12-26-41)37-33-34-43-42-27-14-17-31-49(42)56(51(43)35-37)40-23-9-3-10-24-40/h1-36H. The van der Waals surface area contributed by atoms with Crippen LogP contribution in [0.4, 0.5) is 0 Å². The van der Waals surface area contributed by atoms with Crippen molar-refractivity contribution in [1.29, 1.82) is 0 Å². The van der Waals surface area contributed by atoms with E-state index in [1.807, 2.05) is 0 Å². The quantitative estimate of drug-likeness (QED) is 0.167. The van der Waals surface area contributed by atoms with Gasteiger partial charge in [-0.05, 0) is 87.5 Å². The molecule has 1 aliphatic carbocycles. The normalized spacial score (nSPS) is 13.1. The molecule has 0 amide bonds. The van der Waals surface area contributed by atoms with Crippen molar-refractivity contribution in [2.75, 3.05) is 0 Å². The fraction of sp³-hybridized carbons (Fsp3) is 0.0182. The fourth-order valence-electron chi connectivity index (χ4n) is 10.1. The first-order valence-electron chi connectivity index (χ1n) is 19.8. The van der Waals surface area contributed by atoms with Gasteiger partial charge in [0.15, 0.2) is 0 Å². The Morgan fingerprint density at radius 3 is 1.51 bits per heavy atom. The maximum absolute atomic E-state index is 2.55. The van der Waals surface area contributed by atoms with Crippen molar-refractivity contribution in [3.05, 3.63) is 241 Å². The summed E-state index contributed by atoms with van der Waals surface area (Å²) in [7, 11) is 0. The molecule has 9 aromatic carbocycles. The molecule has 2 nitrogen and oxygen atoms in total. The number of fused-ring (bicyclic) bond motifs is 10. The minimum absolute atomic E-state index is 0.557. The number of hydrogen-bond acceptors (Lipinski definition) is 0. The van der Waals surface area contributed by atoms with Gasteiger partial charge in [0.1, 0.15) is 0 Å². The number of benzene rings is 9. The molecule has 0 spiro atoms. The van der Waals surface area contributed by atoms with Gasteiger partial charge < -0.3 is 9.13 Å². The Morgan fingerprint density at radius 1 is 0.333 bits per heavy atom. The molecule has 2 heterocycles. The van der Waals surface area contributed by atoms with E-state index in [2.05, 4.69) is 228 Å². The Morgan fingerprint density at radius 2 is 0.842 bits per heavy atom. The Bertz CT molecular complexity index is 3280. The summed E-state index contributed by atoms with van der Waals surface area (Å²) in [6, 6.07) is 80.6. The van der Waals surface area contributed by atoms with Gasteiger partial charge >= 0.3 is 0 Å². The van der Waals surface area contributed by atoms with E-state index in [-0.39, 0.29) is 0 Å². The summed E-state index contributed by atoms with van der Waals surface area (Å²) in [5, 5.41) is 5.01. The molecular formula is C55H36N2. The van der Waals surface area contributed by atoms with Crippen LogP contribution in [0.1, 0.15) is 22.3 Å². The van der Waals surface area contributed by atoms with E-state index < -0.39 is 5.41 Å². The van der Waals surface area contributed by atoms with Crippen LogP contribution in [0.2, 0.25) is 0 Å². The third-order valence-electron chi connectivity index (χ3n) is 12.4. The molecule has 2 aromatic heterocycles. The van der Waals surface area contributed by atoms with Crippen LogP contribution in [0.3, 0.4) is 0 Å². The van der Waals surface area contributed by atoms with Gasteiger partial charge in [-0.15, -0.1) is 0 Å². The number of aromatic nitrogens is 2. The van der Waals surface area contributed by atoms with E-state index in [1.54, 1.807) is 0 Å². The van der Waals surface area contributed by atoms with Gasteiger partial charge in [0.25, 0.3) is 0 Å². The smallest absolute Gasteiger partial charge is 0.0714 e. The highest BCUT2D eigenvalue weighted by molar-refractivity contribution is 6.22. The zero-order valence-corrected chi connectivity index (χ0v) is 31.2. The number of para-hydroxylation sites is 4. The van der Waals surface area contributed by atoms with Gasteiger partial charge in [-0.1, -0.05) is 170 Å². The van der Waals surface area contributed by atoms with Crippen molar-refractivity contribution in [2.24, 2.45) is 0 Å². The molecule has 0 saturated carbocycles. The Balaban J connectivity index is 1.30. The topological polar surface area (TPSA) is 9.86 Å². The van der Waals surface area contributed by atoms with Crippen molar-refractivity contribution >= 4 is 43.6 Å². The van der Waals surface area contributed by atoms with Crippen LogP contribution in [0.5, 0.6) is 0 Å². The third-order valence-corrected chi connectivity index (χ3v) is 12.4. The first-order valence-corrected chi connectivity index (χ1v) is 19.8. The molecule has 1 aliphatic rings. The Labute approximate surface area is 331 Å². The van der Waals surface area contributed by atoms with Crippen LogP contribution in [0.15, 0.2) is 218 Å². The van der Waals surface area contributed by atoms with E-state index in [0.717, 1.165) is 11.4 Å². The molecule has 0 radical (unpaired) electrons. The molecule has 11 aromatic rings. The minimum atomic E-state index is -0.557. The number of nitrogens with zero attached hydrogens (tertiary/aromatic N) is 2. The van der Waals surface area contributed by atoms with Gasteiger partial charge in [0.05, 0.1) is 27.5 Å². The molecule has 0 unspecified atom stereocenters. The number of rotatable bonds is 5. The second kappa shape index (κ2) is 12.3. The van der Waals surface area contributed by atoms with Crippen LogP contribution in [0.25, 0.3) is 77.2 Å². The first-order chi connectivity index (χ1) is 28.3. The Hall–Kier alpha value is -7.42.